The van der Waals surface area contributed by atoms with Crippen LogP contribution in [-0.2, 0) is 4.79 Å². The van der Waals surface area contributed by atoms with E-state index in [1.165, 1.54) is 12.8 Å². The van der Waals surface area contributed by atoms with Gasteiger partial charge in [0.1, 0.15) is 0 Å². The fourth-order valence-electron chi connectivity index (χ4n) is 1.61. The molecule has 0 aromatic rings. The number of rotatable bonds is 7. The van der Waals surface area contributed by atoms with Gasteiger partial charge >= 0.3 is 0 Å². The average molecular weight is 233 g/mol. The predicted molar refractivity (Wildman–Crippen MR) is 63.2 cm³/mol. The minimum Gasteiger partial charge on any atom is -0.355 e. The molecule has 1 N–H and O–H groups in total. The highest BCUT2D eigenvalue weighted by atomic mass is 35.5. The molecule has 1 atom stereocenters. The van der Waals surface area contributed by atoms with E-state index in [2.05, 4.69) is 17.1 Å². The van der Waals surface area contributed by atoms with Crippen LogP contribution in [0.15, 0.2) is 0 Å². The maximum Gasteiger partial charge on any atom is 0.224 e. The smallest absolute Gasteiger partial charge is 0.224 e. The summed E-state index contributed by atoms with van der Waals surface area (Å²) in [4.78, 5) is 13.8. The van der Waals surface area contributed by atoms with Gasteiger partial charge in [-0.25, -0.2) is 0 Å². The number of amides is 1. The van der Waals surface area contributed by atoms with Gasteiger partial charge in [-0.1, -0.05) is 13.8 Å². The fourth-order valence-corrected chi connectivity index (χ4v) is 1.75. The van der Waals surface area contributed by atoms with Gasteiger partial charge in [0.15, 0.2) is 0 Å². The van der Waals surface area contributed by atoms with Gasteiger partial charge in [-0.15, -0.1) is 11.6 Å². The Morgan fingerprint density at radius 2 is 2.27 bits per heavy atom. The Morgan fingerprint density at radius 1 is 1.60 bits per heavy atom. The van der Waals surface area contributed by atoms with E-state index in [0.717, 1.165) is 25.7 Å². The van der Waals surface area contributed by atoms with Crippen LogP contribution in [0.4, 0.5) is 0 Å². The monoisotopic (exact) mass is 232 g/mol. The molecule has 1 aliphatic rings. The van der Waals surface area contributed by atoms with Crippen molar-refractivity contribution in [3.63, 3.8) is 0 Å². The van der Waals surface area contributed by atoms with Crippen molar-refractivity contribution >= 4 is 17.5 Å². The molecule has 4 heteroatoms. The van der Waals surface area contributed by atoms with Crippen molar-refractivity contribution in [2.45, 2.75) is 32.7 Å². The van der Waals surface area contributed by atoms with Gasteiger partial charge in [0.25, 0.3) is 0 Å². The Hall–Kier alpha value is -0.280. The first-order chi connectivity index (χ1) is 7.19. The fraction of sp³-hybridized carbons (Fsp3) is 0.909. The van der Waals surface area contributed by atoms with Crippen molar-refractivity contribution in [2.24, 2.45) is 5.92 Å². The molecule has 1 amide bonds. The Kier molecular flexibility index (Phi) is 5.40. The minimum atomic E-state index is -0.0809. The first-order valence-electron chi connectivity index (χ1n) is 5.76. The number of halogens is 1. The van der Waals surface area contributed by atoms with E-state index in [0.29, 0.717) is 5.88 Å². The molecule has 0 spiro atoms. The van der Waals surface area contributed by atoms with E-state index >= 15 is 0 Å². The number of alkyl halides is 1. The second-order valence-corrected chi connectivity index (χ2v) is 4.51. The Labute approximate surface area is 97.2 Å². The van der Waals surface area contributed by atoms with Gasteiger partial charge in [-0.2, -0.15) is 0 Å². The molecule has 0 bridgehead atoms. The summed E-state index contributed by atoms with van der Waals surface area (Å²) in [7, 11) is 0. The molecule has 0 aromatic heterocycles. The second kappa shape index (κ2) is 6.33. The van der Waals surface area contributed by atoms with Crippen LogP contribution in [0, 0.1) is 5.92 Å². The Bertz CT molecular complexity index is 207. The van der Waals surface area contributed by atoms with E-state index in [1.54, 1.807) is 0 Å². The van der Waals surface area contributed by atoms with Crippen LogP contribution in [0.2, 0.25) is 0 Å². The highest BCUT2D eigenvalue weighted by molar-refractivity contribution is 6.19. The van der Waals surface area contributed by atoms with Gasteiger partial charge in [0, 0.05) is 30.9 Å². The van der Waals surface area contributed by atoms with Crippen LogP contribution in [0.25, 0.3) is 0 Å². The zero-order valence-electron chi connectivity index (χ0n) is 9.63. The Balaban J connectivity index is 2.11. The van der Waals surface area contributed by atoms with Crippen molar-refractivity contribution in [1.29, 1.82) is 0 Å². The summed E-state index contributed by atoms with van der Waals surface area (Å²) in [5.74, 6) is 0.380. The van der Waals surface area contributed by atoms with Gasteiger partial charge in [0.05, 0.1) is 0 Å². The molecule has 1 rings (SSSR count). The minimum absolute atomic E-state index is 0.0665. The van der Waals surface area contributed by atoms with E-state index in [4.69, 9.17) is 11.6 Å². The van der Waals surface area contributed by atoms with Crippen LogP contribution in [0.1, 0.15) is 26.7 Å². The highest BCUT2D eigenvalue weighted by Gasteiger charge is 2.27. The number of hydrogen-bond donors (Lipinski definition) is 1. The Morgan fingerprint density at radius 3 is 2.73 bits per heavy atom. The molecular formula is C11H21ClN2O. The van der Waals surface area contributed by atoms with Gasteiger partial charge in [-0.05, 0) is 19.4 Å². The molecule has 0 aromatic carbocycles. The van der Waals surface area contributed by atoms with Gasteiger partial charge in [0.2, 0.25) is 5.91 Å². The zero-order chi connectivity index (χ0) is 11.3. The van der Waals surface area contributed by atoms with Gasteiger partial charge < -0.3 is 5.32 Å². The normalized spacial score (nSPS) is 17.9. The third-order valence-corrected chi connectivity index (χ3v) is 3.31. The molecule has 3 nitrogen and oxygen atoms in total. The first kappa shape index (κ1) is 12.8. The molecule has 15 heavy (non-hydrogen) atoms. The standard InChI is InChI=1S/C11H21ClN2O/c1-3-14(10-4-5-10)7-6-13-11(15)9(2)8-12/h9-10H,3-8H2,1-2H3,(H,13,15). The third kappa shape index (κ3) is 4.39. The molecule has 0 radical (unpaired) electrons. The number of hydrogen-bond acceptors (Lipinski definition) is 2. The summed E-state index contributed by atoms with van der Waals surface area (Å²) >= 11 is 5.60. The summed E-state index contributed by atoms with van der Waals surface area (Å²) in [6, 6.07) is 0.775. The van der Waals surface area contributed by atoms with Crippen molar-refractivity contribution in [3.05, 3.63) is 0 Å². The van der Waals surface area contributed by atoms with Gasteiger partial charge in [-0.3, -0.25) is 9.69 Å². The van der Waals surface area contributed by atoms with E-state index in [-0.39, 0.29) is 11.8 Å². The van der Waals surface area contributed by atoms with Crippen LogP contribution in [-0.4, -0.2) is 42.4 Å². The number of nitrogens with one attached hydrogen (secondary N) is 1. The van der Waals surface area contributed by atoms with Crippen LogP contribution < -0.4 is 5.32 Å². The lowest BCUT2D eigenvalue weighted by Gasteiger charge is -2.20. The van der Waals surface area contributed by atoms with Crippen LogP contribution in [0.5, 0.6) is 0 Å². The maximum absolute atomic E-state index is 11.4. The molecular weight excluding hydrogens is 212 g/mol. The van der Waals surface area contributed by atoms with E-state index < -0.39 is 0 Å². The predicted octanol–water partition coefficient (Wildman–Crippen LogP) is 1.46. The van der Waals surface area contributed by atoms with Crippen molar-refractivity contribution in [3.8, 4) is 0 Å². The lowest BCUT2D eigenvalue weighted by atomic mass is 10.2. The SMILES string of the molecule is CCN(CCNC(=O)C(C)CCl)C1CC1. The molecule has 0 saturated heterocycles. The summed E-state index contributed by atoms with van der Waals surface area (Å²) in [5.41, 5.74) is 0. The quantitative estimate of drug-likeness (QED) is 0.675. The van der Waals surface area contributed by atoms with Crippen molar-refractivity contribution in [2.75, 3.05) is 25.5 Å². The molecule has 88 valence electrons. The third-order valence-electron chi connectivity index (χ3n) is 2.85. The van der Waals surface area contributed by atoms with Crippen molar-refractivity contribution in [1.82, 2.24) is 10.2 Å². The molecule has 1 aliphatic carbocycles. The number of carbonyl (C=O) groups is 1. The molecule has 1 saturated carbocycles. The molecule has 0 aliphatic heterocycles. The number of carbonyl (C=O) groups excluding carboxylic acids is 1. The molecule has 1 unspecified atom stereocenters. The largest absolute Gasteiger partial charge is 0.355 e. The summed E-state index contributed by atoms with van der Waals surface area (Å²) in [6.07, 6.45) is 2.64. The topological polar surface area (TPSA) is 32.3 Å². The number of nitrogens with zero attached hydrogens (tertiary/aromatic N) is 1. The first-order valence-corrected chi connectivity index (χ1v) is 6.30. The lowest BCUT2D eigenvalue weighted by Crippen LogP contribution is -2.38. The maximum atomic E-state index is 11.4. The van der Waals surface area contributed by atoms with E-state index in [1.807, 2.05) is 6.92 Å². The van der Waals surface area contributed by atoms with Crippen molar-refractivity contribution < 1.29 is 4.79 Å². The van der Waals surface area contributed by atoms with Crippen LogP contribution in [0.3, 0.4) is 0 Å². The molecule has 1 fully saturated rings. The summed E-state index contributed by atoms with van der Waals surface area (Å²) < 4.78 is 0. The average Bonchev–Trinajstić information content (AvgIpc) is 3.06. The summed E-state index contributed by atoms with van der Waals surface area (Å²) in [5, 5.41) is 2.92. The summed E-state index contributed by atoms with van der Waals surface area (Å²) in [6.45, 7) is 6.79. The zero-order valence-corrected chi connectivity index (χ0v) is 10.4. The van der Waals surface area contributed by atoms with E-state index in [9.17, 15) is 4.79 Å². The molecule has 0 heterocycles. The number of likely N-dealkylation sites (N-methyl/N-ethyl adjacent to an activating group) is 1. The second-order valence-electron chi connectivity index (χ2n) is 4.21. The highest BCUT2D eigenvalue weighted by Crippen LogP contribution is 2.25. The lowest BCUT2D eigenvalue weighted by molar-refractivity contribution is -0.123. The van der Waals surface area contributed by atoms with Crippen LogP contribution >= 0.6 is 11.6 Å².